The van der Waals surface area contributed by atoms with Crippen LogP contribution in [0.1, 0.15) is 24.4 Å². The maximum atomic E-state index is 6.35. The van der Waals surface area contributed by atoms with Crippen molar-refractivity contribution in [3.8, 4) is 5.75 Å². The topological polar surface area (TPSA) is 38.5 Å². The highest BCUT2D eigenvalue weighted by molar-refractivity contribution is 5.38. The van der Waals surface area contributed by atoms with Crippen molar-refractivity contribution >= 4 is 0 Å². The smallest absolute Gasteiger partial charge is 0.124 e. The first kappa shape index (κ1) is 10.1. The lowest BCUT2D eigenvalue weighted by Crippen LogP contribution is -2.47. The Labute approximate surface area is 96.2 Å². The number of fused-ring (bicyclic) bond motifs is 1. The molecular weight excluding hydrogens is 200 g/mol. The van der Waals surface area contributed by atoms with E-state index in [4.69, 9.17) is 10.5 Å². The summed E-state index contributed by atoms with van der Waals surface area (Å²) in [5, 5.41) is 0. The first-order valence-corrected chi connectivity index (χ1v) is 6.07. The first-order valence-electron chi connectivity index (χ1n) is 6.07. The molecule has 3 heteroatoms. The number of nitrogens with two attached hydrogens (primary N) is 1. The molecule has 0 amide bonds. The fourth-order valence-electron chi connectivity index (χ4n) is 2.78. The number of para-hydroxylation sites is 1. The van der Waals surface area contributed by atoms with Gasteiger partial charge in [0.05, 0.1) is 12.1 Å². The summed E-state index contributed by atoms with van der Waals surface area (Å²) in [6.45, 7) is 3.08. The van der Waals surface area contributed by atoms with Crippen LogP contribution in [-0.4, -0.2) is 30.6 Å². The van der Waals surface area contributed by atoms with E-state index in [0.29, 0.717) is 6.04 Å². The summed E-state index contributed by atoms with van der Waals surface area (Å²) >= 11 is 0. The fraction of sp³-hybridized carbons (Fsp3) is 0.538. The summed E-state index contributed by atoms with van der Waals surface area (Å²) in [6, 6.07) is 8.59. The summed E-state index contributed by atoms with van der Waals surface area (Å²) in [6.07, 6.45) is 2.59. The number of benzene rings is 1. The predicted molar refractivity (Wildman–Crippen MR) is 63.5 cm³/mol. The molecule has 2 atom stereocenters. The molecule has 0 aromatic heterocycles. The molecule has 1 fully saturated rings. The summed E-state index contributed by atoms with van der Waals surface area (Å²) in [4.78, 5) is 2.47. The molecule has 2 heterocycles. The van der Waals surface area contributed by atoms with Crippen molar-refractivity contribution in [3.05, 3.63) is 29.8 Å². The van der Waals surface area contributed by atoms with Gasteiger partial charge in [-0.2, -0.15) is 0 Å². The largest absolute Gasteiger partial charge is 0.492 e. The van der Waals surface area contributed by atoms with Gasteiger partial charge in [0.1, 0.15) is 12.4 Å². The van der Waals surface area contributed by atoms with Crippen LogP contribution in [0.5, 0.6) is 5.75 Å². The molecule has 16 heavy (non-hydrogen) atoms. The number of nitrogens with zero attached hydrogens (tertiary/aromatic N) is 1. The lowest BCUT2D eigenvalue weighted by molar-refractivity contribution is 0.118. The highest BCUT2D eigenvalue weighted by Crippen LogP contribution is 2.33. The molecule has 2 aliphatic heterocycles. The highest BCUT2D eigenvalue weighted by atomic mass is 16.5. The molecule has 0 radical (unpaired) electrons. The van der Waals surface area contributed by atoms with Crippen molar-refractivity contribution in [1.29, 1.82) is 0 Å². The maximum absolute atomic E-state index is 6.35. The van der Waals surface area contributed by atoms with E-state index in [1.54, 1.807) is 0 Å². The molecule has 2 N–H and O–H groups in total. The molecule has 1 aromatic carbocycles. The Morgan fingerprint density at radius 1 is 1.19 bits per heavy atom. The minimum Gasteiger partial charge on any atom is -0.492 e. The van der Waals surface area contributed by atoms with Gasteiger partial charge in [0.25, 0.3) is 0 Å². The van der Waals surface area contributed by atoms with E-state index in [1.807, 2.05) is 18.2 Å². The zero-order valence-corrected chi connectivity index (χ0v) is 9.43. The van der Waals surface area contributed by atoms with Gasteiger partial charge in [-0.1, -0.05) is 18.2 Å². The van der Waals surface area contributed by atoms with E-state index in [0.717, 1.165) is 17.9 Å². The average molecular weight is 218 g/mol. The van der Waals surface area contributed by atoms with E-state index < -0.39 is 0 Å². The Hall–Kier alpha value is -1.06. The van der Waals surface area contributed by atoms with Crippen molar-refractivity contribution < 1.29 is 4.74 Å². The van der Waals surface area contributed by atoms with Crippen LogP contribution < -0.4 is 10.5 Å². The number of ether oxygens (including phenoxy) is 1. The Morgan fingerprint density at radius 3 is 2.75 bits per heavy atom. The van der Waals surface area contributed by atoms with Crippen molar-refractivity contribution in [2.75, 3.05) is 19.7 Å². The standard InChI is InChI=1S/C13H18N2O/c14-13-10-5-1-2-6-12(10)16-9-11(13)15-7-3-4-8-15/h1-2,5-6,11,13H,3-4,7-9,14H2. The minimum absolute atomic E-state index is 0.100. The average Bonchev–Trinajstić information content (AvgIpc) is 2.83. The molecule has 3 nitrogen and oxygen atoms in total. The number of rotatable bonds is 1. The van der Waals surface area contributed by atoms with E-state index in [-0.39, 0.29) is 6.04 Å². The molecule has 2 unspecified atom stereocenters. The zero-order chi connectivity index (χ0) is 11.0. The first-order chi connectivity index (χ1) is 7.86. The van der Waals surface area contributed by atoms with Crippen LogP contribution in [-0.2, 0) is 0 Å². The number of hydrogen-bond acceptors (Lipinski definition) is 3. The third kappa shape index (κ3) is 1.60. The Bertz CT molecular complexity index is 374. The molecule has 0 aliphatic carbocycles. The van der Waals surface area contributed by atoms with Gasteiger partial charge in [-0.05, 0) is 32.0 Å². The van der Waals surface area contributed by atoms with Gasteiger partial charge < -0.3 is 10.5 Å². The monoisotopic (exact) mass is 218 g/mol. The van der Waals surface area contributed by atoms with Crippen LogP contribution >= 0.6 is 0 Å². The zero-order valence-electron chi connectivity index (χ0n) is 9.43. The second-order valence-electron chi connectivity index (χ2n) is 4.69. The van der Waals surface area contributed by atoms with Crippen LogP contribution in [0.4, 0.5) is 0 Å². The Kier molecular flexibility index (Phi) is 2.58. The minimum atomic E-state index is 0.100. The molecule has 3 rings (SSSR count). The van der Waals surface area contributed by atoms with Crippen LogP contribution in [0.25, 0.3) is 0 Å². The van der Waals surface area contributed by atoms with Crippen molar-refractivity contribution in [3.63, 3.8) is 0 Å². The third-order valence-corrected chi connectivity index (χ3v) is 3.71. The molecule has 1 aromatic rings. The highest BCUT2D eigenvalue weighted by Gasteiger charge is 2.33. The van der Waals surface area contributed by atoms with Gasteiger partial charge in [0.2, 0.25) is 0 Å². The van der Waals surface area contributed by atoms with Crippen molar-refractivity contribution in [2.24, 2.45) is 5.73 Å². The maximum Gasteiger partial charge on any atom is 0.124 e. The quantitative estimate of drug-likeness (QED) is 0.777. The fourth-order valence-corrected chi connectivity index (χ4v) is 2.78. The molecular formula is C13H18N2O. The van der Waals surface area contributed by atoms with Gasteiger partial charge in [-0.3, -0.25) is 4.90 Å². The van der Waals surface area contributed by atoms with Crippen LogP contribution in [0.3, 0.4) is 0 Å². The second-order valence-corrected chi connectivity index (χ2v) is 4.69. The molecule has 0 saturated carbocycles. The molecule has 0 spiro atoms. The van der Waals surface area contributed by atoms with Gasteiger partial charge in [0.15, 0.2) is 0 Å². The predicted octanol–water partition coefficient (Wildman–Crippen LogP) is 1.54. The molecule has 2 aliphatic rings. The van der Waals surface area contributed by atoms with Crippen LogP contribution in [0, 0.1) is 0 Å². The van der Waals surface area contributed by atoms with Gasteiger partial charge >= 0.3 is 0 Å². The van der Waals surface area contributed by atoms with Crippen LogP contribution in [0.15, 0.2) is 24.3 Å². The molecule has 86 valence electrons. The van der Waals surface area contributed by atoms with Crippen molar-refractivity contribution in [1.82, 2.24) is 4.90 Å². The van der Waals surface area contributed by atoms with E-state index in [9.17, 15) is 0 Å². The SMILES string of the molecule is NC1c2ccccc2OCC1N1CCCC1. The normalized spacial score (nSPS) is 29.8. The van der Waals surface area contributed by atoms with Gasteiger partial charge in [-0.15, -0.1) is 0 Å². The summed E-state index contributed by atoms with van der Waals surface area (Å²) in [5.41, 5.74) is 7.51. The lowest BCUT2D eigenvalue weighted by Gasteiger charge is -2.36. The Morgan fingerprint density at radius 2 is 1.94 bits per heavy atom. The number of likely N-dealkylation sites (tertiary alicyclic amines) is 1. The summed E-state index contributed by atoms with van der Waals surface area (Å²) in [7, 11) is 0. The van der Waals surface area contributed by atoms with Gasteiger partial charge in [-0.25, -0.2) is 0 Å². The second kappa shape index (κ2) is 4.07. The lowest BCUT2D eigenvalue weighted by atomic mass is 9.96. The third-order valence-electron chi connectivity index (χ3n) is 3.71. The van der Waals surface area contributed by atoms with E-state index >= 15 is 0 Å². The molecule has 1 saturated heterocycles. The van der Waals surface area contributed by atoms with Crippen LogP contribution in [0.2, 0.25) is 0 Å². The molecule has 0 bridgehead atoms. The van der Waals surface area contributed by atoms with Gasteiger partial charge in [0, 0.05) is 5.56 Å². The van der Waals surface area contributed by atoms with E-state index in [2.05, 4.69) is 11.0 Å². The summed E-state index contributed by atoms with van der Waals surface area (Å²) < 4.78 is 5.80. The van der Waals surface area contributed by atoms with E-state index in [1.165, 1.54) is 25.9 Å². The Balaban J connectivity index is 1.85. The summed E-state index contributed by atoms with van der Waals surface area (Å²) in [5.74, 6) is 0.963. The van der Waals surface area contributed by atoms with Crippen molar-refractivity contribution in [2.45, 2.75) is 24.9 Å². The number of hydrogen-bond donors (Lipinski definition) is 1.